The third-order valence-corrected chi connectivity index (χ3v) is 6.01. The van der Waals surface area contributed by atoms with Crippen molar-refractivity contribution in [3.8, 4) is 11.5 Å². The fourth-order valence-electron chi connectivity index (χ4n) is 4.25. The minimum absolute atomic E-state index is 0. The molecule has 0 aromatic heterocycles. The molecular weight excluding hydrogens is 416 g/mol. The zero-order valence-electron chi connectivity index (χ0n) is 17.5. The molecule has 0 radical (unpaired) electrons. The summed E-state index contributed by atoms with van der Waals surface area (Å²) in [5.41, 5.74) is 7.97. The Balaban J connectivity index is 0.00000272. The Morgan fingerprint density at radius 2 is 1.87 bits per heavy atom. The van der Waals surface area contributed by atoms with Crippen LogP contribution in [0.15, 0.2) is 48.5 Å². The van der Waals surface area contributed by atoms with Crippen molar-refractivity contribution in [2.45, 2.75) is 62.8 Å². The van der Waals surface area contributed by atoms with Crippen molar-refractivity contribution in [2.75, 3.05) is 6.61 Å². The van der Waals surface area contributed by atoms with E-state index in [1.54, 1.807) is 0 Å². The van der Waals surface area contributed by atoms with Crippen LogP contribution in [0.25, 0.3) is 0 Å². The standard InChI is InChI=1S/C24H30N2O4.ClH/c25-21(15-27)24(28)26-18-7-9-19(10-8-18)29-20-11-13-23-17(14-20)6-12-22(30-23)16-4-2-1-3-5-16;/h1-5,11,13-14,18-19,21-22,27H,6-10,12,15,25H2,(H,26,28);1H/t18-,19-,21-,22?;/m0./s1. The Hall–Kier alpha value is -2.28. The van der Waals surface area contributed by atoms with E-state index in [0.717, 1.165) is 50.0 Å². The van der Waals surface area contributed by atoms with Gasteiger partial charge in [0, 0.05) is 6.04 Å². The third kappa shape index (κ3) is 5.91. The predicted molar refractivity (Wildman–Crippen MR) is 122 cm³/mol. The van der Waals surface area contributed by atoms with Crippen molar-refractivity contribution < 1.29 is 19.4 Å². The highest BCUT2D eigenvalue weighted by Gasteiger charge is 2.26. The molecule has 4 N–H and O–H groups in total. The van der Waals surface area contributed by atoms with E-state index in [9.17, 15) is 4.79 Å². The molecular formula is C24H31ClN2O4. The van der Waals surface area contributed by atoms with Crippen LogP contribution in [0.5, 0.6) is 11.5 Å². The molecule has 2 aliphatic rings. The topological polar surface area (TPSA) is 93.8 Å². The van der Waals surface area contributed by atoms with Crippen LogP contribution in [0.2, 0.25) is 0 Å². The highest BCUT2D eigenvalue weighted by Crippen LogP contribution is 2.37. The average Bonchev–Trinajstić information content (AvgIpc) is 2.80. The summed E-state index contributed by atoms with van der Waals surface area (Å²) in [6, 6.07) is 15.7. The first-order valence-electron chi connectivity index (χ1n) is 10.8. The SMILES string of the molecule is Cl.N[C@@H](CO)C(=O)N[C@H]1CC[C@H](Oc2ccc3c(c2)CCC(c2ccccc2)O3)CC1. The van der Waals surface area contributed by atoms with Crippen LogP contribution in [-0.4, -0.2) is 35.8 Å². The quantitative estimate of drug-likeness (QED) is 0.633. The van der Waals surface area contributed by atoms with Crippen LogP contribution in [0.1, 0.15) is 49.3 Å². The molecule has 168 valence electrons. The molecule has 7 heteroatoms. The fraction of sp³-hybridized carbons (Fsp3) is 0.458. The van der Waals surface area contributed by atoms with E-state index in [1.165, 1.54) is 11.1 Å². The third-order valence-electron chi connectivity index (χ3n) is 6.01. The van der Waals surface area contributed by atoms with E-state index in [0.29, 0.717) is 0 Å². The molecule has 0 bridgehead atoms. The molecule has 31 heavy (non-hydrogen) atoms. The number of nitrogens with one attached hydrogen (secondary N) is 1. The first kappa shape index (κ1) is 23.4. The molecule has 0 saturated heterocycles. The number of hydrogen-bond acceptors (Lipinski definition) is 5. The lowest BCUT2D eigenvalue weighted by Crippen LogP contribution is -2.48. The Labute approximate surface area is 189 Å². The first-order valence-corrected chi connectivity index (χ1v) is 10.8. The smallest absolute Gasteiger partial charge is 0.239 e. The van der Waals surface area contributed by atoms with Crippen molar-refractivity contribution in [3.63, 3.8) is 0 Å². The number of ether oxygens (including phenoxy) is 2. The van der Waals surface area contributed by atoms with Gasteiger partial charge in [0.05, 0.1) is 12.7 Å². The van der Waals surface area contributed by atoms with Crippen LogP contribution >= 0.6 is 12.4 Å². The zero-order chi connectivity index (χ0) is 20.9. The molecule has 2 aromatic rings. The summed E-state index contributed by atoms with van der Waals surface area (Å²) in [6.07, 6.45) is 5.63. The summed E-state index contributed by atoms with van der Waals surface area (Å²) >= 11 is 0. The molecule has 1 unspecified atom stereocenters. The van der Waals surface area contributed by atoms with Crippen molar-refractivity contribution in [1.82, 2.24) is 5.32 Å². The second kappa shape index (κ2) is 10.8. The molecule has 2 aromatic carbocycles. The summed E-state index contributed by atoms with van der Waals surface area (Å²) in [5.74, 6) is 1.53. The van der Waals surface area contributed by atoms with Crippen LogP contribution in [0.3, 0.4) is 0 Å². The van der Waals surface area contributed by atoms with Crippen LogP contribution in [-0.2, 0) is 11.2 Å². The molecule has 1 aliphatic heterocycles. The number of aryl methyl sites for hydroxylation is 1. The Kier molecular flexibility index (Phi) is 8.18. The maximum Gasteiger partial charge on any atom is 0.239 e. The van der Waals surface area contributed by atoms with E-state index in [2.05, 4.69) is 23.5 Å². The van der Waals surface area contributed by atoms with Crippen molar-refractivity contribution in [1.29, 1.82) is 0 Å². The molecule has 6 nitrogen and oxygen atoms in total. The number of aliphatic hydroxyl groups excluding tert-OH is 1. The van der Waals surface area contributed by atoms with Crippen molar-refractivity contribution in [2.24, 2.45) is 5.73 Å². The van der Waals surface area contributed by atoms with Crippen LogP contribution in [0, 0.1) is 0 Å². The molecule has 0 spiro atoms. The minimum Gasteiger partial charge on any atom is -0.490 e. The van der Waals surface area contributed by atoms with E-state index in [4.69, 9.17) is 20.3 Å². The molecule has 1 fully saturated rings. The number of hydrogen-bond donors (Lipinski definition) is 3. The van der Waals surface area contributed by atoms with Crippen LogP contribution in [0.4, 0.5) is 0 Å². The van der Waals surface area contributed by atoms with E-state index < -0.39 is 6.04 Å². The molecule has 4 rings (SSSR count). The number of halogens is 1. The number of aliphatic hydroxyl groups is 1. The van der Waals surface area contributed by atoms with Gasteiger partial charge in [-0.1, -0.05) is 30.3 Å². The second-order valence-electron chi connectivity index (χ2n) is 8.21. The first-order chi connectivity index (χ1) is 14.6. The van der Waals surface area contributed by atoms with E-state index in [1.807, 2.05) is 30.3 Å². The maximum atomic E-state index is 11.8. The van der Waals surface area contributed by atoms with Gasteiger partial charge in [0.15, 0.2) is 0 Å². The van der Waals surface area contributed by atoms with E-state index in [-0.39, 0.29) is 43.2 Å². The van der Waals surface area contributed by atoms with Gasteiger partial charge >= 0.3 is 0 Å². The fourth-order valence-corrected chi connectivity index (χ4v) is 4.25. The normalized spacial score (nSPS) is 23.5. The Morgan fingerprint density at radius 3 is 2.58 bits per heavy atom. The lowest BCUT2D eigenvalue weighted by molar-refractivity contribution is -0.124. The van der Waals surface area contributed by atoms with Crippen LogP contribution < -0.4 is 20.5 Å². The summed E-state index contributed by atoms with van der Waals surface area (Å²) in [7, 11) is 0. The number of nitrogens with two attached hydrogens (primary N) is 1. The average molecular weight is 447 g/mol. The molecule has 1 saturated carbocycles. The van der Waals surface area contributed by atoms with Gasteiger partial charge in [0.1, 0.15) is 23.6 Å². The summed E-state index contributed by atoms with van der Waals surface area (Å²) in [6.45, 7) is -0.335. The van der Waals surface area contributed by atoms with Gasteiger partial charge in [-0.15, -0.1) is 12.4 Å². The van der Waals surface area contributed by atoms with Gasteiger partial charge in [0.2, 0.25) is 5.91 Å². The molecule has 1 aliphatic carbocycles. The number of rotatable bonds is 6. The largest absolute Gasteiger partial charge is 0.490 e. The Morgan fingerprint density at radius 1 is 1.13 bits per heavy atom. The lowest BCUT2D eigenvalue weighted by atomic mass is 9.92. The molecule has 1 heterocycles. The van der Waals surface area contributed by atoms with E-state index >= 15 is 0 Å². The van der Waals surface area contributed by atoms with Crippen molar-refractivity contribution in [3.05, 3.63) is 59.7 Å². The van der Waals surface area contributed by atoms with Crippen molar-refractivity contribution >= 4 is 18.3 Å². The zero-order valence-corrected chi connectivity index (χ0v) is 18.4. The number of carbonyl (C=O) groups excluding carboxylic acids is 1. The highest BCUT2D eigenvalue weighted by molar-refractivity contribution is 5.85. The number of fused-ring (bicyclic) bond motifs is 1. The van der Waals surface area contributed by atoms with Gasteiger partial charge in [-0.25, -0.2) is 0 Å². The minimum atomic E-state index is -0.849. The van der Waals surface area contributed by atoms with Gasteiger partial charge in [-0.3, -0.25) is 4.79 Å². The Bertz CT molecular complexity index is 856. The molecule has 1 amide bonds. The van der Waals surface area contributed by atoms with Gasteiger partial charge in [0.25, 0.3) is 0 Å². The summed E-state index contributed by atoms with van der Waals surface area (Å²) in [5, 5.41) is 11.9. The number of benzene rings is 2. The van der Waals surface area contributed by atoms with Gasteiger partial charge in [-0.2, -0.15) is 0 Å². The maximum absolute atomic E-state index is 11.8. The summed E-state index contributed by atoms with van der Waals surface area (Å²) < 4.78 is 12.4. The monoisotopic (exact) mass is 446 g/mol. The lowest BCUT2D eigenvalue weighted by Gasteiger charge is -2.31. The number of carbonyl (C=O) groups is 1. The number of amides is 1. The highest BCUT2D eigenvalue weighted by atomic mass is 35.5. The predicted octanol–water partition coefficient (Wildman–Crippen LogP) is 3.30. The summed E-state index contributed by atoms with van der Waals surface area (Å²) in [4.78, 5) is 11.8. The second-order valence-corrected chi connectivity index (χ2v) is 8.21. The van der Waals surface area contributed by atoms with Gasteiger partial charge < -0.3 is 25.6 Å². The molecule has 2 atom stereocenters. The van der Waals surface area contributed by atoms with Gasteiger partial charge in [-0.05, 0) is 67.9 Å².